The van der Waals surface area contributed by atoms with Crippen LogP contribution in [0.4, 0.5) is 0 Å². The van der Waals surface area contributed by atoms with Gasteiger partial charge in [-0.2, -0.15) is 5.10 Å². The molecule has 0 amide bonds. The molecule has 0 aliphatic carbocycles. The molecule has 1 aliphatic heterocycles. The Morgan fingerprint density at radius 1 is 1.28 bits per heavy atom. The van der Waals surface area contributed by atoms with E-state index in [1.807, 2.05) is 36.1 Å². The van der Waals surface area contributed by atoms with E-state index >= 15 is 0 Å². The van der Waals surface area contributed by atoms with Crippen molar-refractivity contribution in [2.24, 2.45) is 10.4 Å². The lowest BCUT2D eigenvalue weighted by molar-refractivity contribution is 0.370. The third-order valence-corrected chi connectivity index (χ3v) is 4.54. The normalized spacial score (nSPS) is 16.6. The molecule has 1 saturated heterocycles. The molecule has 0 bridgehead atoms. The first-order chi connectivity index (χ1) is 11.6. The van der Waals surface area contributed by atoms with Gasteiger partial charge in [-0.3, -0.25) is 4.99 Å². The molecule has 1 aromatic heterocycles. The number of guanidine groups is 1. The molecule has 0 atom stereocenters. The number of nitrogens with zero attached hydrogens (tertiary/aromatic N) is 4. The van der Waals surface area contributed by atoms with E-state index in [1.54, 1.807) is 0 Å². The maximum absolute atomic E-state index is 4.45. The van der Waals surface area contributed by atoms with Crippen LogP contribution < -0.4 is 5.32 Å². The van der Waals surface area contributed by atoms with Gasteiger partial charge in [0.05, 0.1) is 11.9 Å². The van der Waals surface area contributed by atoms with Crippen LogP contribution in [0.25, 0.3) is 5.69 Å². The summed E-state index contributed by atoms with van der Waals surface area (Å²) < 4.78 is 1.92. The average Bonchev–Trinajstić information content (AvgIpc) is 3.19. The van der Waals surface area contributed by atoms with Crippen LogP contribution in [0.3, 0.4) is 0 Å². The highest BCUT2D eigenvalue weighted by Crippen LogP contribution is 2.28. The number of aliphatic imine (C=N–C) groups is 1. The zero-order valence-corrected chi connectivity index (χ0v) is 17.6. The maximum atomic E-state index is 4.45. The Morgan fingerprint density at radius 3 is 2.68 bits per heavy atom. The predicted octanol–water partition coefficient (Wildman–Crippen LogP) is 3.34. The number of hydrogen-bond acceptors (Lipinski definition) is 2. The topological polar surface area (TPSA) is 45.5 Å². The van der Waals surface area contributed by atoms with Crippen molar-refractivity contribution in [1.29, 1.82) is 0 Å². The number of hydrogen-bond donors (Lipinski definition) is 1. The summed E-state index contributed by atoms with van der Waals surface area (Å²) in [5, 5.41) is 7.93. The fraction of sp³-hybridized carbons (Fsp3) is 0.474. The molecule has 1 aliphatic rings. The maximum Gasteiger partial charge on any atom is 0.193 e. The molecule has 5 nitrogen and oxygen atoms in total. The fourth-order valence-corrected chi connectivity index (χ4v) is 3.16. The van der Waals surface area contributed by atoms with E-state index in [0.29, 0.717) is 5.41 Å². The summed E-state index contributed by atoms with van der Waals surface area (Å²) in [5.74, 6) is 1.01. The first-order valence-electron chi connectivity index (χ1n) is 8.62. The number of nitrogens with one attached hydrogen (secondary N) is 1. The molecule has 25 heavy (non-hydrogen) atoms. The molecule has 2 heterocycles. The second-order valence-electron chi connectivity index (χ2n) is 7.19. The minimum atomic E-state index is 0. The molecule has 6 heteroatoms. The van der Waals surface area contributed by atoms with Gasteiger partial charge in [0.15, 0.2) is 5.96 Å². The lowest BCUT2D eigenvalue weighted by Crippen LogP contribution is -2.41. The number of rotatable bonds is 4. The number of benzene rings is 1. The van der Waals surface area contributed by atoms with Crippen molar-refractivity contribution >= 4 is 29.9 Å². The van der Waals surface area contributed by atoms with Crippen LogP contribution in [0, 0.1) is 5.41 Å². The van der Waals surface area contributed by atoms with Crippen LogP contribution in [0.2, 0.25) is 0 Å². The minimum Gasteiger partial charge on any atom is -0.356 e. The summed E-state index contributed by atoms with van der Waals surface area (Å²) in [7, 11) is 1.86. The van der Waals surface area contributed by atoms with Crippen LogP contribution in [0.5, 0.6) is 0 Å². The number of para-hydroxylation sites is 1. The van der Waals surface area contributed by atoms with E-state index in [9.17, 15) is 0 Å². The Hall–Kier alpha value is -1.57. The molecule has 136 valence electrons. The van der Waals surface area contributed by atoms with Crippen LogP contribution in [-0.4, -0.2) is 47.3 Å². The Bertz CT molecular complexity index is 693. The van der Waals surface area contributed by atoms with Crippen molar-refractivity contribution in [2.75, 3.05) is 26.7 Å². The van der Waals surface area contributed by atoms with E-state index in [0.717, 1.165) is 37.7 Å². The van der Waals surface area contributed by atoms with E-state index < -0.39 is 0 Å². The highest BCUT2D eigenvalue weighted by molar-refractivity contribution is 14.0. The molecule has 0 spiro atoms. The average molecular weight is 453 g/mol. The van der Waals surface area contributed by atoms with Gasteiger partial charge in [0.25, 0.3) is 0 Å². The largest absolute Gasteiger partial charge is 0.356 e. The van der Waals surface area contributed by atoms with Crippen LogP contribution in [0.15, 0.2) is 47.7 Å². The summed E-state index contributed by atoms with van der Waals surface area (Å²) in [5.41, 5.74) is 2.70. The molecule has 0 radical (unpaired) electrons. The lowest BCUT2D eigenvalue weighted by Gasteiger charge is -2.23. The summed E-state index contributed by atoms with van der Waals surface area (Å²) in [6, 6.07) is 10.2. The van der Waals surface area contributed by atoms with Crippen molar-refractivity contribution in [3.8, 4) is 5.69 Å². The van der Waals surface area contributed by atoms with Gasteiger partial charge in [-0.1, -0.05) is 32.0 Å². The molecule has 0 unspecified atom stereocenters. The Kier molecular flexibility index (Phi) is 6.87. The van der Waals surface area contributed by atoms with Crippen molar-refractivity contribution in [1.82, 2.24) is 20.0 Å². The molecule has 3 rings (SSSR count). The van der Waals surface area contributed by atoms with Gasteiger partial charge < -0.3 is 10.2 Å². The predicted molar refractivity (Wildman–Crippen MR) is 114 cm³/mol. The molecule has 1 aromatic carbocycles. The summed E-state index contributed by atoms with van der Waals surface area (Å²) in [4.78, 5) is 6.78. The Labute approximate surface area is 167 Å². The van der Waals surface area contributed by atoms with Gasteiger partial charge in [0.1, 0.15) is 0 Å². The second-order valence-corrected chi connectivity index (χ2v) is 7.19. The summed E-state index contributed by atoms with van der Waals surface area (Å²) in [6.45, 7) is 7.65. The van der Waals surface area contributed by atoms with E-state index in [4.69, 9.17) is 0 Å². The fourth-order valence-electron chi connectivity index (χ4n) is 3.16. The highest BCUT2D eigenvalue weighted by atomic mass is 127. The second kappa shape index (κ2) is 8.69. The molecular formula is C19H28IN5. The van der Waals surface area contributed by atoms with Gasteiger partial charge in [-0.15, -0.1) is 24.0 Å². The van der Waals surface area contributed by atoms with Crippen molar-refractivity contribution in [2.45, 2.75) is 26.7 Å². The number of likely N-dealkylation sites (tertiary alicyclic amines) is 1. The summed E-state index contributed by atoms with van der Waals surface area (Å²) >= 11 is 0. The van der Waals surface area contributed by atoms with Crippen LogP contribution in [-0.2, 0) is 6.42 Å². The van der Waals surface area contributed by atoms with Crippen molar-refractivity contribution in [3.05, 3.63) is 48.3 Å². The monoisotopic (exact) mass is 453 g/mol. The smallest absolute Gasteiger partial charge is 0.193 e. The van der Waals surface area contributed by atoms with Gasteiger partial charge in [0.2, 0.25) is 0 Å². The molecule has 1 N–H and O–H groups in total. The first kappa shape index (κ1) is 19.8. The lowest BCUT2D eigenvalue weighted by atomic mass is 9.93. The third-order valence-electron chi connectivity index (χ3n) is 4.54. The Morgan fingerprint density at radius 2 is 2.04 bits per heavy atom. The molecule has 0 saturated carbocycles. The van der Waals surface area contributed by atoms with Crippen LogP contribution >= 0.6 is 24.0 Å². The third kappa shape index (κ3) is 5.20. The van der Waals surface area contributed by atoms with E-state index in [2.05, 4.69) is 52.5 Å². The Balaban J connectivity index is 0.00000225. The zero-order valence-electron chi connectivity index (χ0n) is 15.3. The zero-order chi connectivity index (χ0) is 17.0. The first-order valence-corrected chi connectivity index (χ1v) is 8.62. The minimum absolute atomic E-state index is 0. The quantitative estimate of drug-likeness (QED) is 0.439. The van der Waals surface area contributed by atoms with Gasteiger partial charge in [-0.25, -0.2) is 4.68 Å². The van der Waals surface area contributed by atoms with Crippen molar-refractivity contribution in [3.63, 3.8) is 0 Å². The van der Waals surface area contributed by atoms with Gasteiger partial charge >= 0.3 is 0 Å². The van der Waals surface area contributed by atoms with E-state index in [-0.39, 0.29) is 24.0 Å². The standard InChI is InChI=1S/C19H27N5.HI/c1-19(2)10-12-23(15-19)18(20-3)21-11-9-16-13-22-24(14-16)17-7-5-4-6-8-17;/h4-8,13-14H,9-12,15H2,1-3H3,(H,20,21);1H. The SMILES string of the molecule is CN=C(NCCc1cnn(-c2ccccc2)c1)N1CCC(C)(C)C1.I. The highest BCUT2D eigenvalue weighted by Gasteiger charge is 2.30. The van der Waals surface area contributed by atoms with E-state index in [1.165, 1.54) is 12.0 Å². The number of aromatic nitrogens is 2. The molecule has 1 fully saturated rings. The van der Waals surface area contributed by atoms with Gasteiger partial charge in [0, 0.05) is 32.9 Å². The molecular weight excluding hydrogens is 425 g/mol. The van der Waals surface area contributed by atoms with Crippen LogP contribution in [0.1, 0.15) is 25.8 Å². The van der Waals surface area contributed by atoms with Crippen molar-refractivity contribution < 1.29 is 0 Å². The van der Waals surface area contributed by atoms with Gasteiger partial charge in [-0.05, 0) is 36.0 Å². The molecule has 2 aromatic rings. The summed E-state index contributed by atoms with van der Waals surface area (Å²) in [6.07, 6.45) is 6.19. The number of halogens is 1.